The van der Waals surface area contributed by atoms with Gasteiger partial charge in [0, 0.05) is 24.6 Å². The maximum absolute atomic E-state index is 12.5. The van der Waals surface area contributed by atoms with Gasteiger partial charge < -0.3 is 4.74 Å². The van der Waals surface area contributed by atoms with Crippen LogP contribution in [0.25, 0.3) is 0 Å². The number of para-hydroxylation sites is 1. The molecule has 3 rings (SSSR count). The molecular weight excluding hydrogens is 276 g/mol. The number of fused-ring (bicyclic) bond motifs is 1. The van der Waals surface area contributed by atoms with E-state index in [-0.39, 0.29) is 11.7 Å². The third-order valence-electron chi connectivity index (χ3n) is 3.71. The fourth-order valence-electron chi connectivity index (χ4n) is 2.60. The van der Waals surface area contributed by atoms with Crippen LogP contribution in [-0.2, 0) is 18.3 Å². The lowest BCUT2D eigenvalue weighted by molar-refractivity contribution is -0.120. The van der Waals surface area contributed by atoms with Crippen LogP contribution in [0, 0.1) is 6.92 Å². The molecule has 0 saturated carbocycles. The van der Waals surface area contributed by atoms with Gasteiger partial charge >= 0.3 is 0 Å². The summed E-state index contributed by atoms with van der Waals surface area (Å²) in [4.78, 5) is 12.5. The number of rotatable bonds is 3. The van der Waals surface area contributed by atoms with Gasteiger partial charge in [0.1, 0.15) is 23.3 Å². The summed E-state index contributed by atoms with van der Waals surface area (Å²) in [6.07, 6.45) is 0.293. The van der Waals surface area contributed by atoms with Gasteiger partial charge in [0.15, 0.2) is 0 Å². The number of carbonyl (C=O) groups excluding carboxylic acids is 1. The van der Waals surface area contributed by atoms with E-state index in [1.165, 1.54) is 0 Å². The van der Waals surface area contributed by atoms with Crippen LogP contribution in [0.3, 0.4) is 0 Å². The fourth-order valence-corrected chi connectivity index (χ4v) is 2.84. The molecule has 0 bridgehead atoms. The number of benzene rings is 1. The number of hydrogen-bond acceptors (Lipinski definition) is 3. The zero-order chi connectivity index (χ0) is 14.3. The second kappa shape index (κ2) is 4.94. The molecule has 2 aromatic rings. The van der Waals surface area contributed by atoms with Crippen LogP contribution < -0.4 is 4.74 Å². The standard InChI is InChI=1S/C15H15ClN2O2/c1-9-11(15(16)18(2)17-9)7-13(19)12-8-20-14-6-4-3-5-10(12)14/h3-6,12H,7-8H2,1-2H3. The summed E-state index contributed by atoms with van der Waals surface area (Å²) < 4.78 is 7.16. The van der Waals surface area contributed by atoms with Crippen LogP contribution in [0.5, 0.6) is 5.75 Å². The van der Waals surface area contributed by atoms with Gasteiger partial charge in [-0.1, -0.05) is 29.8 Å². The van der Waals surface area contributed by atoms with Crippen molar-refractivity contribution < 1.29 is 9.53 Å². The SMILES string of the molecule is Cc1nn(C)c(Cl)c1CC(=O)C1COc2ccccc21. The van der Waals surface area contributed by atoms with Crippen molar-refractivity contribution in [2.75, 3.05) is 6.61 Å². The highest BCUT2D eigenvalue weighted by Gasteiger charge is 2.30. The molecule has 0 spiro atoms. The van der Waals surface area contributed by atoms with Crippen LogP contribution in [0.4, 0.5) is 0 Å². The summed E-state index contributed by atoms with van der Waals surface area (Å²) >= 11 is 6.18. The molecule has 1 aliphatic heterocycles. The van der Waals surface area contributed by atoms with Crippen molar-refractivity contribution in [2.45, 2.75) is 19.3 Å². The van der Waals surface area contributed by atoms with E-state index in [0.29, 0.717) is 18.2 Å². The van der Waals surface area contributed by atoms with E-state index < -0.39 is 0 Å². The molecule has 0 amide bonds. The second-order valence-electron chi connectivity index (χ2n) is 5.02. The molecule has 0 aliphatic carbocycles. The summed E-state index contributed by atoms with van der Waals surface area (Å²) in [5.74, 6) is 0.717. The average Bonchev–Trinajstić information content (AvgIpc) is 2.96. The van der Waals surface area contributed by atoms with E-state index in [0.717, 1.165) is 22.6 Å². The quantitative estimate of drug-likeness (QED) is 0.873. The maximum atomic E-state index is 12.5. The first kappa shape index (κ1) is 13.2. The lowest BCUT2D eigenvalue weighted by Gasteiger charge is -2.07. The number of carbonyl (C=O) groups is 1. The third kappa shape index (κ3) is 2.10. The number of ether oxygens (including phenoxy) is 1. The highest BCUT2D eigenvalue weighted by molar-refractivity contribution is 6.30. The molecule has 0 N–H and O–H groups in total. The number of hydrogen-bond donors (Lipinski definition) is 0. The molecule has 5 heteroatoms. The van der Waals surface area contributed by atoms with Gasteiger partial charge in [-0.2, -0.15) is 5.10 Å². The predicted octanol–water partition coefficient (Wildman–Crippen LogP) is 2.67. The van der Waals surface area contributed by atoms with Crippen molar-refractivity contribution in [2.24, 2.45) is 7.05 Å². The first-order valence-corrected chi connectivity index (χ1v) is 6.88. The Bertz CT molecular complexity index is 679. The van der Waals surface area contributed by atoms with Crippen molar-refractivity contribution in [3.8, 4) is 5.75 Å². The van der Waals surface area contributed by atoms with Crippen LogP contribution in [0.2, 0.25) is 5.15 Å². The Kier molecular flexibility index (Phi) is 3.26. The molecule has 0 fully saturated rings. The molecule has 1 aliphatic rings. The predicted molar refractivity (Wildman–Crippen MR) is 76.3 cm³/mol. The van der Waals surface area contributed by atoms with Crippen LogP contribution in [0.1, 0.15) is 22.7 Å². The van der Waals surface area contributed by atoms with Crippen LogP contribution in [0.15, 0.2) is 24.3 Å². The Morgan fingerprint density at radius 3 is 2.95 bits per heavy atom. The van der Waals surface area contributed by atoms with Gasteiger partial charge in [-0.25, -0.2) is 0 Å². The Morgan fingerprint density at radius 2 is 2.25 bits per heavy atom. The van der Waals surface area contributed by atoms with Crippen molar-refractivity contribution >= 4 is 17.4 Å². The molecule has 1 aromatic heterocycles. The monoisotopic (exact) mass is 290 g/mol. The first-order chi connectivity index (χ1) is 9.58. The largest absolute Gasteiger partial charge is 0.492 e. The Morgan fingerprint density at radius 1 is 1.50 bits per heavy atom. The van der Waals surface area contributed by atoms with Gasteiger partial charge in [0.2, 0.25) is 0 Å². The molecule has 0 saturated heterocycles. The molecule has 4 nitrogen and oxygen atoms in total. The Labute approximate surface area is 122 Å². The van der Waals surface area contributed by atoms with E-state index in [1.54, 1.807) is 11.7 Å². The topological polar surface area (TPSA) is 44.1 Å². The minimum absolute atomic E-state index is 0.118. The summed E-state index contributed by atoms with van der Waals surface area (Å²) in [6, 6.07) is 7.68. The van der Waals surface area contributed by atoms with E-state index in [2.05, 4.69) is 5.10 Å². The van der Waals surface area contributed by atoms with Gasteiger partial charge in [-0.3, -0.25) is 9.48 Å². The zero-order valence-corrected chi connectivity index (χ0v) is 12.1. The summed E-state index contributed by atoms with van der Waals surface area (Å²) in [6.45, 7) is 2.28. The zero-order valence-electron chi connectivity index (χ0n) is 11.4. The van der Waals surface area contributed by atoms with E-state index in [9.17, 15) is 4.79 Å². The first-order valence-electron chi connectivity index (χ1n) is 6.50. The van der Waals surface area contributed by atoms with E-state index in [4.69, 9.17) is 16.3 Å². The van der Waals surface area contributed by atoms with Crippen molar-refractivity contribution in [1.82, 2.24) is 9.78 Å². The van der Waals surface area contributed by atoms with Crippen LogP contribution >= 0.6 is 11.6 Å². The smallest absolute Gasteiger partial charge is 0.148 e. The Balaban J connectivity index is 1.85. The molecule has 20 heavy (non-hydrogen) atoms. The minimum atomic E-state index is -0.207. The number of aryl methyl sites for hydroxylation is 2. The highest BCUT2D eigenvalue weighted by Crippen LogP contribution is 2.35. The fraction of sp³-hybridized carbons (Fsp3) is 0.333. The van der Waals surface area contributed by atoms with E-state index in [1.807, 2.05) is 31.2 Å². The lowest BCUT2D eigenvalue weighted by Crippen LogP contribution is -2.16. The van der Waals surface area contributed by atoms with Gasteiger partial charge in [0.25, 0.3) is 0 Å². The van der Waals surface area contributed by atoms with E-state index >= 15 is 0 Å². The molecule has 104 valence electrons. The van der Waals surface area contributed by atoms with Crippen molar-refractivity contribution in [3.63, 3.8) is 0 Å². The number of aromatic nitrogens is 2. The maximum Gasteiger partial charge on any atom is 0.148 e. The molecule has 1 aromatic carbocycles. The van der Waals surface area contributed by atoms with Crippen LogP contribution in [-0.4, -0.2) is 22.2 Å². The number of ketones is 1. The second-order valence-corrected chi connectivity index (χ2v) is 5.38. The molecule has 1 unspecified atom stereocenters. The molecule has 2 heterocycles. The minimum Gasteiger partial charge on any atom is -0.492 e. The number of Topliss-reactive ketones (excluding diaryl/α,β-unsaturated/α-hetero) is 1. The average molecular weight is 291 g/mol. The highest BCUT2D eigenvalue weighted by atomic mass is 35.5. The molecule has 0 radical (unpaired) electrons. The number of halogens is 1. The third-order valence-corrected chi connectivity index (χ3v) is 4.18. The molecular formula is C15H15ClN2O2. The number of nitrogens with zero attached hydrogens (tertiary/aromatic N) is 2. The Hall–Kier alpha value is -1.81. The normalized spacial score (nSPS) is 16.9. The summed E-state index contributed by atoms with van der Waals surface area (Å²) in [5.41, 5.74) is 2.58. The van der Waals surface area contributed by atoms with Crippen molar-refractivity contribution in [1.29, 1.82) is 0 Å². The van der Waals surface area contributed by atoms with Gasteiger partial charge in [-0.15, -0.1) is 0 Å². The lowest BCUT2D eigenvalue weighted by atomic mass is 9.93. The summed E-state index contributed by atoms with van der Waals surface area (Å²) in [5, 5.41) is 4.77. The van der Waals surface area contributed by atoms with Crippen molar-refractivity contribution in [3.05, 3.63) is 46.2 Å². The summed E-state index contributed by atoms with van der Waals surface area (Å²) in [7, 11) is 1.78. The van der Waals surface area contributed by atoms with Gasteiger partial charge in [-0.05, 0) is 13.0 Å². The molecule has 1 atom stereocenters. The van der Waals surface area contributed by atoms with Gasteiger partial charge in [0.05, 0.1) is 11.6 Å².